The largest absolute Gasteiger partial charge is 0.390 e. The van der Waals surface area contributed by atoms with E-state index in [4.69, 9.17) is 0 Å². The first-order valence-corrected chi connectivity index (χ1v) is 5.16. The van der Waals surface area contributed by atoms with E-state index in [2.05, 4.69) is 4.98 Å². The first kappa shape index (κ1) is 10.4. The number of piperidine rings is 1. The summed E-state index contributed by atoms with van der Waals surface area (Å²) in [5, 5.41) is 9.27. The molecule has 1 aromatic rings. The topological polar surface area (TPSA) is 36.4 Å². The van der Waals surface area contributed by atoms with Gasteiger partial charge in [-0.2, -0.15) is 0 Å². The normalized spacial score (nSPS) is 26.7. The van der Waals surface area contributed by atoms with Gasteiger partial charge in [-0.05, 0) is 25.5 Å². The Morgan fingerprint density at radius 2 is 2.33 bits per heavy atom. The predicted molar refractivity (Wildman–Crippen MR) is 56.7 cm³/mol. The molecule has 2 unspecified atom stereocenters. The molecule has 1 aliphatic heterocycles. The van der Waals surface area contributed by atoms with Crippen LogP contribution in [0, 0.1) is 6.92 Å². The molecule has 1 aromatic heterocycles. The maximum atomic E-state index is 13.3. The van der Waals surface area contributed by atoms with Crippen molar-refractivity contribution in [2.24, 2.45) is 0 Å². The van der Waals surface area contributed by atoms with Crippen LogP contribution < -0.4 is 4.90 Å². The van der Waals surface area contributed by atoms with E-state index < -0.39 is 12.3 Å². The lowest BCUT2D eigenvalue weighted by Gasteiger charge is -2.33. The number of aliphatic hydroxyl groups is 1. The maximum absolute atomic E-state index is 13.3. The van der Waals surface area contributed by atoms with Crippen LogP contribution in [0.4, 0.5) is 10.1 Å². The molecule has 0 bridgehead atoms. The highest BCUT2D eigenvalue weighted by Crippen LogP contribution is 2.20. The number of pyridine rings is 1. The zero-order valence-corrected chi connectivity index (χ0v) is 8.73. The van der Waals surface area contributed by atoms with Crippen molar-refractivity contribution in [2.75, 3.05) is 18.0 Å². The third kappa shape index (κ3) is 2.26. The van der Waals surface area contributed by atoms with E-state index in [1.807, 2.05) is 24.0 Å². The van der Waals surface area contributed by atoms with Crippen molar-refractivity contribution in [3.8, 4) is 0 Å². The van der Waals surface area contributed by atoms with E-state index in [1.54, 1.807) is 6.20 Å². The van der Waals surface area contributed by atoms with Crippen LogP contribution in [-0.2, 0) is 0 Å². The molecular formula is C11H15FN2O. The molecule has 0 amide bonds. The Kier molecular flexibility index (Phi) is 2.86. The van der Waals surface area contributed by atoms with Crippen molar-refractivity contribution in [1.29, 1.82) is 0 Å². The molecule has 2 heterocycles. The number of aryl methyl sites for hydroxylation is 1. The lowest BCUT2D eigenvalue weighted by molar-refractivity contribution is 0.0615. The SMILES string of the molecule is Cc1ccc(N2CCC(O)C(F)C2)cn1. The van der Waals surface area contributed by atoms with Gasteiger partial charge in [0.1, 0.15) is 6.17 Å². The second-order valence-corrected chi connectivity index (χ2v) is 3.98. The van der Waals surface area contributed by atoms with Crippen molar-refractivity contribution in [1.82, 2.24) is 4.98 Å². The minimum atomic E-state index is -1.15. The summed E-state index contributed by atoms with van der Waals surface area (Å²) >= 11 is 0. The fourth-order valence-corrected chi connectivity index (χ4v) is 1.77. The number of alkyl halides is 1. The highest BCUT2D eigenvalue weighted by atomic mass is 19.1. The van der Waals surface area contributed by atoms with Gasteiger partial charge in [-0.25, -0.2) is 4.39 Å². The van der Waals surface area contributed by atoms with Gasteiger partial charge < -0.3 is 10.0 Å². The van der Waals surface area contributed by atoms with Crippen LogP contribution in [0.15, 0.2) is 18.3 Å². The summed E-state index contributed by atoms with van der Waals surface area (Å²) in [6, 6.07) is 3.85. The third-order valence-corrected chi connectivity index (χ3v) is 2.77. The number of rotatable bonds is 1. The Labute approximate surface area is 88.6 Å². The fourth-order valence-electron chi connectivity index (χ4n) is 1.77. The molecule has 0 radical (unpaired) electrons. The summed E-state index contributed by atoms with van der Waals surface area (Å²) in [6.07, 6.45) is 0.272. The van der Waals surface area contributed by atoms with Gasteiger partial charge in [-0.3, -0.25) is 4.98 Å². The third-order valence-electron chi connectivity index (χ3n) is 2.77. The molecule has 2 rings (SSSR count). The Bertz CT molecular complexity index is 328. The van der Waals surface area contributed by atoms with Gasteiger partial charge in [-0.1, -0.05) is 0 Å². The van der Waals surface area contributed by atoms with Gasteiger partial charge in [0.15, 0.2) is 0 Å². The van der Waals surface area contributed by atoms with E-state index in [0.717, 1.165) is 11.4 Å². The van der Waals surface area contributed by atoms with Crippen LogP contribution >= 0.6 is 0 Å². The van der Waals surface area contributed by atoms with E-state index >= 15 is 0 Å². The molecule has 15 heavy (non-hydrogen) atoms. The number of aliphatic hydroxyl groups excluding tert-OH is 1. The molecular weight excluding hydrogens is 195 g/mol. The Balaban J connectivity index is 2.08. The highest BCUT2D eigenvalue weighted by Gasteiger charge is 2.27. The van der Waals surface area contributed by atoms with Crippen molar-refractivity contribution in [3.63, 3.8) is 0 Å². The van der Waals surface area contributed by atoms with Gasteiger partial charge in [0.2, 0.25) is 0 Å². The first-order valence-electron chi connectivity index (χ1n) is 5.16. The van der Waals surface area contributed by atoms with Gasteiger partial charge in [0, 0.05) is 12.2 Å². The number of halogens is 1. The van der Waals surface area contributed by atoms with E-state index in [1.165, 1.54) is 0 Å². The van der Waals surface area contributed by atoms with Crippen LogP contribution in [0.5, 0.6) is 0 Å². The zero-order valence-electron chi connectivity index (χ0n) is 8.73. The molecule has 0 saturated carbocycles. The molecule has 0 aromatic carbocycles. The molecule has 3 nitrogen and oxygen atoms in total. The quantitative estimate of drug-likeness (QED) is 0.759. The van der Waals surface area contributed by atoms with Crippen molar-refractivity contribution in [3.05, 3.63) is 24.0 Å². The number of aromatic nitrogens is 1. The standard InChI is InChI=1S/C11H15FN2O/c1-8-2-3-9(6-13-8)14-5-4-11(15)10(12)7-14/h2-3,6,10-11,15H,4-5,7H2,1H3. The smallest absolute Gasteiger partial charge is 0.143 e. The Morgan fingerprint density at radius 3 is 2.93 bits per heavy atom. The van der Waals surface area contributed by atoms with Gasteiger partial charge in [0.05, 0.1) is 24.5 Å². The van der Waals surface area contributed by atoms with Gasteiger partial charge >= 0.3 is 0 Å². The minimum absolute atomic E-state index is 0.256. The first-order chi connectivity index (χ1) is 7.16. The molecule has 4 heteroatoms. The number of nitrogens with zero attached hydrogens (tertiary/aromatic N) is 2. The van der Waals surface area contributed by atoms with Crippen LogP contribution in [-0.4, -0.2) is 35.5 Å². The van der Waals surface area contributed by atoms with Crippen LogP contribution in [0.2, 0.25) is 0 Å². The van der Waals surface area contributed by atoms with E-state index in [-0.39, 0.29) is 6.54 Å². The molecule has 0 spiro atoms. The summed E-state index contributed by atoms with van der Waals surface area (Å²) in [7, 11) is 0. The summed E-state index contributed by atoms with van der Waals surface area (Å²) in [6.45, 7) is 2.86. The van der Waals surface area contributed by atoms with Crippen molar-refractivity contribution >= 4 is 5.69 Å². The Hall–Kier alpha value is -1.16. The molecule has 2 atom stereocenters. The van der Waals surface area contributed by atoms with Crippen LogP contribution in [0.1, 0.15) is 12.1 Å². The summed E-state index contributed by atoms with van der Waals surface area (Å²) in [5.41, 5.74) is 1.88. The number of hydrogen-bond donors (Lipinski definition) is 1. The maximum Gasteiger partial charge on any atom is 0.143 e. The average molecular weight is 210 g/mol. The monoisotopic (exact) mass is 210 g/mol. The second kappa shape index (κ2) is 4.14. The van der Waals surface area contributed by atoms with Crippen molar-refractivity contribution < 1.29 is 9.50 Å². The molecule has 82 valence electrons. The molecule has 0 aliphatic carbocycles. The van der Waals surface area contributed by atoms with E-state index in [0.29, 0.717) is 13.0 Å². The summed E-state index contributed by atoms with van der Waals surface area (Å²) < 4.78 is 13.3. The zero-order chi connectivity index (χ0) is 10.8. The van der Waals surface area contributed by atoms with E-state index in [9.17, 15) is 9.50 Å². The molecule has 1 saturated heterocycles. The molecule has 1 fully saturated rings. The van der Waals surface area contributed by atoms with Gasteiger partial charge in [-0.15, -0.1) is 0 Å². The second-order valence-electron chi connectivity index (χ2n) is 3.98. The van der Waals surface area contributed by atoms with Crippen LogP contribution in [0.3, 0.4) is 0 Å². The lowest BCUT2D eigenvalue weighted by atomic mass is 10.1. The summed E-state index contributed by atoms with van der Waals surface area (Å²) in [4.78, 5) is 6.09. The lowest BCUT2D eigenvalue weighted by Crippen LogP contribution is -2.44. The fraction of sp³-hybridized carbons (Fsp3) is 0.545. The molecule has 1 N–H and O–H groups in total. The van der Waals surface area contributed by atoms with Gasteiger partial charge in [0.25, 0.3) is 0 Å². The average Bonchev–Trinajstić information content (AvgIpc) is 2.23. The minimum Gasteiger partial charge on any atom is -0.390 e. The number of anilines is 1. The predicted octanol–water partition coefficient (Wildman–Crippen LogP) is 1.30. The Morgan fingerprint density at radius 1 is 1.53 bits per heavy atom. The highest BCUT2D eigenvalue weighted by molar-refractivity contribution is 5.45. The molecule has 1 aliphatic rings. The number of hydrogen-bond acceptors (Lipinski definition) is 3. The van der Waals surface area contributed by atoms with Crippen molar-refractivity contribution in [2.45, 2.75) is 25.6 Å². The summed E-state index contributed by atoms with van der Waals surface area (Å²) in [5.74, 6) is 0. The van der Waals surface area contributed by atoms with Crippen LogP contribution in [0.25, 0.3) is 0 Å².